The number of anilines is 1. The van der Waals surface area contributed by atoms with Crippen molar-refractivity contribution in [2.24, 2.45) is 0 Å². The van der Waals surface area contributed by atoms with Crippen LogP contribution in [0.4, 0.5) is 5.82 Å². The lowest BCUT2D eigenvalue weighted by Crippen LogP contribution is -2.27. The van der Waals surface area contributed by atoms with Gasteiger partial charge in [0.15, 0.2) is 0 Å². The van der Waals surface area contributed by atoms with Gasteiger partial charge in [0.05, 0.1) is 0 Å². The third-order valence-electron chi connectivity index (χ3n) is 2.83. The van der Waals surface area contributed by atoms with E-state index in [1.165, 1.54) is 23.6 Å². The molecule has 0 aliphatic rings. The summed E-state index contributed by atoms with van der Waals surface area (Å²) in [5.74, 6) is -0.0313. The number of sulfonamides is 1. The smallest absolute Gasteiger partial charge is 0.246 e. The first kappa shape index (κ1) is 16.2. The number of rotatable bonds is 4. The highest BCUT2D eigenvalue weighted by molar-refractivity contribution is 9.10. The van der Waals surface area contributed by atoms with Crippen molar-refractivity contribution in [1.29, 1.82) is 0 Å². The van der Waals surface area contributed by atoms with Crippen LogP contribution in [0, 0.1) is 0 Å². The van der Waals surface area contributed by atoms with Gasteiger partial charge in [0.25, 0.3) is 0 Å². The van der Waals surface area contributed by atoms with Crippen LogP contribution in [-0.4, -0.2) is 24.8 Å². The van der Waals surface area contributed by atoms with E-state index in [1.54, 1.807) is 24.3 Å². The minimum atomic E-state index is -3.73. The molecule has 0 saturated carbocycles. The van der Waals surface area contributed by atoms with Crippen LogP contribution in [0.25, 0.3) is 0 Å². The Morgan fingerprint density at radius 2 is 2.10 bits per heavy atom. The average Bonchev–Trinajstić information content (AvgIpc) is 2.41. The number of hydrogen-bond donors (Lipinski definition) is 1. The molecule has 0 fully saturated rings. The Morgan fingerprint density at radius 3 is 2.76 bits per heavy atom. The van der Waals surface area contributed by atoms with Crippen LogP contribution in [0.2, 0.25) is 5.02 Å². The fourth-order valence-electron chi connectivity index (χ4n) is 1.78. The number of aromatic nitrogens is 1. The maximum absolute atomic E-state index is 12.5. The monoisotopic (exact) mass is 389 g/mol. The third kappa shape index (κ3) is 3.74. The maximum Gasteiger partial charge on any atom is 0.246 e. The van der Waals surface area contributed by atoms with Gasteiger partial charge >= 0.3 is 0 Å². The first-order valence-corrected chi connectivity index (χ1v) is 8.53. The Hall–Kier alpha value is -1.15. The van der Waals surface area contributed by atoms with Crippen LogP contribution < -0.4 is 5.73 Å². The molecule has 0 aliphatic carbocycles. The molecule has 8 heteroatoms. The van der Waals surface area contributed by atoms with Crippen molar-refractivity contribution in [3.63, 3.8) is 0 Å². The van der Waals surface area contributed by atoms with Gasteiger partial charge in [-0.2, -0.15) is 4.31 Å². The Kier molecular flexibility index (Phi) is 4.88. The van der Waals surface area contributed by atoms with E-state index < -0.39 is 10.0 Å². The Labute approximate surface area is 136 Å². The van der Waals surface area contributed by atoms with Crippen molar-refractivity contribution in [3.05, 3.63) is 51.6 Å². The van der Waals surface area contributed by atoms with E-state index in [9.17, 15) is 8.42 Å². The SMILES string of the molecule is CN(Cc1cccc(Cl)c1)S(=O)(=O)c1cc(Br)cnc1N. The van der Waals surface area contributed by atoms with Crippen molar-refractivity contribution in [1.82, 2.24) is 9.29 Å². The average molecular weight is 391 g/mol. The number of benzene rings is 1. The van der Waals surface area contributed by atoms with E-state index in [2.05, 4.69) is 20.9 Å². The van der Waals surface area contributed by atoms with E-state index in [4.69, 9.17) is 17.3 Å². The molecule has 0 amide bonds. The van der Waals surface area contributed by atoms with Gasteiger partial charge in [-0.25, -0.2) is 13.4 Å². The molecule has 0 radical (unpaired) electrons. The van der Waals surface area contributed by atoms with Crippen LogP contribution in [0.3, 0.4) is 0 Å². The van der Waals surface area contributed by atoms with Gasteiger partial charge in [-0.05, 0) is 39.7 Å². The Morgan fingerprint density at radius 1 is 1.38 bits per heavy atom. The van der Waals surface area contributed by atoms with Crippen molar-refractivity contribution >= 4 is 43.4 Å². The van der Waals surface area contributed by atoms with Gasteiger partial charge in [0.1, 0.15) is 10.7 Å². The van der Waals surface area contributed by atoms with Crippen LogP contribution in [-0.2, 0) is 16.6 Å². The van der Waals surface area contributed by atoms with Crippen molar-refractivity contribution < 1.29 is 8.42 Å². The molecule has 21 heavy (non-hydrogen) atoms. The Bertz CT molecular complexity index is 768. The summed E-state index contributed by atoms with van der Waals surface area (Å²) in [7, 11) is -2.25. The standard InChI is InChI=1S/C13H13BrClN3O2S/c1-18(8-9-3-2-4-11(15)5-9)21(19,20)12-6-10(14)7-17-13(12)16/h2-7H,8H2,1H3,(H2,16,17). The van der Waals surface area contributed by atoms with Gasteiger partial charge in [-0.15, -0.1) is 0 Å². The number of nitrogens with zero attached hydrogens (tertiary/aromatic N) is 2. The second-order valence-corrected chi connectivity index (χ2v) is 7.79. The van der Waals surface area contributed by atoms with E-state index in [-0.39, 0.29) is 17.3 Å². The Balaban J connectivity index is 2.33. The van der Waals surface area contributed by atoms with Gasteiger partial charge in [0, 0.05) is 29.3 Å². The number of halogens is 2. The zero-order chi connectivity index (χ0) is 15.6. The van der Waals surface area contributed by atoms with Crippen LogP contribution in [0.1, 0.15) is 5.56 Å². The highest BCUT2D eigenvalue weighted by atomic mass is 79.9. The summed E-state index contributed by atoms with van der Waals surface area (Å²) in [6.07, 6.45) is 1.45. The summed E-state index contributed by atoms with van der Waals surface area (Å²) in [5, 5.41) is 0.557. The summed E-state index contributed by atoms with van der Waals surface area (Å²) in [6.45, 7) is 0.189. The number of hydrogen-bond acceptors (Lipinski definition) is 4. The topological polar surface area (TPSA) is 76.3 Å². The molecule has 1 heterocycles. The molecule has 0 unspecified atom stereocenters. The van der Waals surface area contributed by atoms with Gasteiger partial charge in [-0.1, -0.05) is 23.7 Å². The van der Waals surface area contributed by atoms with Crippen LogP contribution >= 0.6 is 27.5 Å². The number of nitrogens with two attached hydrogens (primary N) is 1. The molecule has 2 rings (SSSR count). The normalized spacial score (nSPS) is 11.8. The third-order valence-corrected chi connectivity index (χ3v) is 5.33. The van der Waals surface area contributed by atoms with Gasteiger partial charge < -0.3 is 5.73 Å². The minimum absolute atomic E-state index is 0.0265. The van der Waals surface area contributed by atoms with Crippen molar-refractivity contribution in [2.45, 2.75) is 11.4 Å². The minimum Gasteiger partial charge on any atom is -0.383 e. The largest absolute Gasteiger partial charge is 0.383 e. The number of pyridine rings is 1. The number of nitrogen functional groups attached to an aromatic ring is 1. The zero-order valence-corrected chi connectivity index (χ0v) is 14.3. The van der Waals surface area contributed by atoms with Gasteiger partial charge in [-0.3, -0.25) is 0 Å². The molecule has 0 saturated heterocycles. The van der Waals surface area contributed by atoms with Crippen LogP contribution in [0.5, 0.6) is 0 Å². The lowest BCUT2D eigenvalue weighted by molar-refractivity contribution is 0.467. The maximum atomic E-state index is 12.5. The van der Waals surface area contributed by atoms with Crippen molar-refractivity contribution in [2.75, 3.05) is 12.8 Å². The van der Waals surface area contributed by atoms with E-state index in [0.717, 1.165) is 5.56 Å². The second-order valence-electron chi connectivity index (χ2n) is 4.43. The van der Waals surface area contributed by atoms with Crippen LogP contribution in [0.15, 0.2) is 45.9 Å². The molecule has 5 nitrogen and oxygen atoms in total. The highest BCUT2D eigenvalue weighted by Gasteiger charge is 2.24. The quantitative estimate of drug-likeness (QED) is 0.871. The molecule has 1 aromatic heterocycles. The van der Waals surface area contributed by atoms with Crippen molar-refractivity contribution in [3.8, 4) is 0 Å². The van der Waals surface area contributed by atoms with E-state index >= 15 is 0 Å². The van der Waals surface area contributed by atoms with Gasteiger partial charge in [0.2, 0.25) is 10.0 Å². The first-order valence-electron chi connectivity index (χ1n) is 5.92. The fourth-order valence-corrected chi connectivity index (χ4v) is 3.73. The molecule has 0 aliphatic heterocycles. The molecule has 2 N–H and O–H groups in total. The molecular weight excluding hydrogens is 378 g/mol. The summed E-state index contributed by atoms with van der Waals surface area (Å²) in [6, 6.07) is 8.46. The second kappa shape index (κ2) is 6.31. The fraction of sp³-hybridized carbons (Fsp3) is 0.154. The zero-order valence-electron chi connectivity index (χ0n) is 11.1. The molecule has 0 bridgehead atoms. The summed E-state index contributed by atoms with van der Waals surface area (Å²) >= 11 is 9.10. The van der Waals surface area contributed by atoms with E-state index in [0.29, 0.717) is 9.50 Å². The molecule has 2 aromatic rings. The van der Waals surface area contributed by atoms with E-state index in [1.807, 2.05) is 0 Å². The molecule has 1 aromatic carbocycles. The first-order chi connectivity index (χ1) is 9.80. The summed E-state index contributed by atoms with van der Waals surface area (Å²) < 4.78 is 26.8. The lowest BCUT2D eigenvalue weighted by atomic mass is 10.2. The predicted octanol–water partition coefficient (Wildman–Crippen LogP) is 2.90. The lowest BCUT2D eigenvalue weighted by Gasteiger charge is -2.18. The predicted molar refractivity (Wildman–Crippen MR) is 86.5 cm³/mol. The molecule has 0 atom stereocenters. The molecule has 112 valence electrons. The molecular formula is C13H13BrClN3O2S. The summed E-state index contributed by atoms with van der Waals surface area (Å²) in [4.78, 5) is 3.83. The highest BCUT2D eigenvalue weighted by Crippen LogP contribution is 2.24. The molecule has 0 spiro atoms. The summed E-state index contributed by atoms with van der Waals surface area (Å²) in [5.41, 5.74) is 6.46.